The number of nitrogens with two attached hydrogens (primary N) is 1. The Morgan fingerprint density at radius 1 is 1.42 bits per heavy atom. The summed E-state index contributed by atoms with van der Waals surface area (Å²) in [5.41, 5.74) is 8.18. The molecule has 1 aliphatic rings. The minimum absolute atomic E-state index is 0.294. The lowest BCUT2D eigenvalue weighted by molar-refractivity contribution is 0.146. The van der Waals surface area contributed by atoms with Crippen molar-refractivity contribution in [3.05, 3.63) is 23.8 Å². The van der Waals surface area contributed by atoms with E-state index in [1.165, 1.54) is 11.3 Å². The van der Waals surface area contributed by atoms with Crippen LogP contribution in [0.25, 0.3) is 0 Å². The fraction of sp³-hybridized carbons (Fsp3) is 0.625. The number of ether oxygens (including phenoxy) is 1. The quantitative estimate of drug-likeness (QED) is 0.887. The van der Waals surface area contributed by atoms with Crippen molar-refractivity contribution in [3.8, 4) is 5.75 Å². The summed E-state index contributed by atoms with van der Waals surface area (Å²) in [7, 11) is 0. The van der Waals surface area contributed by atoms with Crippen LogP contribution in [-0.4, -0.2) is 25.7 Å². The molecule has 106 valence electrons. The maximum Gasteiger partial charge on any atom is 0.143 e. The van der Waals surface area contributed by atoms with Gasteiger partial charge in [-0.3, -0.25) is 0 Å². The molecule has 1 unspecified atom stereocenters. The van der Waals surface area contributed by atoms with Crippen LogP contribution in [0.4, 0.5) is 5.69 Å². The molecule has 0 radical (unpaired) electrons. The number of hydrogen-bond donors (Lipinski definition) is 1. The van der Waals surface area contributed by atoms with E-state index in [1.54, 1.807) is 0 Å². The summed E-state index contributed by atoms with van der Waals surface area (Å²) in [6.45, 7) is 9.42. The Hall–Kier alpha value is -1.22. The molecular formula is C16H26N2O. The third-order valence-electron chi connectivity index (χ3n) is 3.84. The SMILES string of the molecule is CCN1CC(C(C)C)Oc2ccc(CCCN)cc21. The van der Waals surface area contributed by atoms with Crippen molar-refractivity contribution in [3.63, 3.8) is 0 Å². The summed E-state index contributed by atoms with van der Waals surface area (Å²) in [4.78, 5) is 2.43. The van der Waals surface area contributed by atoms with Crippen molar-refractivity contribution >= 4 is 5.69 Å². The molecule has 1 heterocycles. The third kappa shape index (κ3) is 3.21. The van der Waals surface area contributed by atoms with Crippen LogP contribution in [0.3, 0.4) is 0 Å². The van der Waals surface area contributed by atoms with E-state index in [2.05, 4.69) is 43.9 Å². The van der Waals surface area contributed by atoms with Gasteiger partial charge in [0.05, 0.1) is 12.2 Å². The topological polar surface area (TPSA) is 38.5 Å². The van der Waals surface area contributed by atoms with E-state index in [-0.39, 0.29) is 0 Å². The lowest BCUT2D eigenvalue weighted by Gasteiger charge is -2.37. The van der Waals surface area contributed by atoms with Crippen molar-refractivity contribution < 1.29 is 4.74 Å². The molecule has 1 aromatic carbocycles. The molecule has 2 N–H and O–H groups in total. The van der Waals surface area contributed by atoms with E-state index in [9.17, 15) is 0 Å². The monoisotopic (exact) mass is 262 g/mol. The van der Waals surface area contributed by atoms with Gasteiger partial charge < -0.3 is 15.4 Å². The zero-order valence-corrected chi connectivity index (χ0v) is 12.4. The summed E-state index contributed by atoms with van der Waals surface area (Å²) < 4.78 is 6.12. The highest BCUT2D eigenvalue weighted by Crippen LogP contribution is 2.35. The van der Waals surface area contributed by atoms with Gasteiger partial charge in [0.1, 0.15) is 11.9 Å². The van der Waals surface area contributed by atoms with Crippen molar-refractivity contribution in [1.82, 2.24) is 0 Å². The highest BCUT2D eigenvalue weighted by atomic mass is 16.5. The van der Waals surface area contributed by atoms with Crippen LogP contribution >= 0.6 is 0 Å². The molecule has 1 aliphatic heterocycles. The third-order valence-corrected chi connectivity index (χ3v) is 3.84. The van der Waals surface area contributed by atoms with Crippen LogP contribution in [0.2, 0.25) is 0 Å². The average molecular weight is 262 g/mol. The molecule has 1 atom stereocenters. The average Bonchev–Trinajstić information content (AvgIpc) is 2.43. The first-order valence-electron chi connectivity index (χ1n) is 7.40. The Morgan fingerprint density at radius 2 is 2.21 bits per heavy atom. The number of benzene rings is 1. The normalized spacial score (nSPS) is 18.4. The second-order valence-electron chi connectivity index (χ2n) is 5.63. The molecule has 0 aliphatic carbocycles. The summed E-state index contributed by atoms with van der Waals surface area (Å²) >= 11 is 0. The van der Waals surface area contributed by atoms with E-state index in [1.807, 2.05) is 0 Å². The van der Waals surface area contributed by atoms with Crippen LogP contribution in [0.1, 0.15) is 32.8 Å². The largest absolute Gasteiger partial charge is 0.486 e. The van der Waals surface area contributed by atoms with Gasteiger partial charge in [-0.25, -0.2) is 0 Å². The molecule has 0 bridgehead atoms. The van der Waals surface area contributed by atoms with Gasteiger partial charge in [-0.05, 0) is 49.9 Å². The summed E-state index contributed by atoms with van der Waals surface area (Å²) in [5, 5.41) is 0. The Morgan fingerprint density at radius 3 is 2.84 bits per heavy atom. The Kier molecular flexibility index (Phi) is 4.70. The summed E-state index contributed by atoms with van der Waals surface area (Å²) in [6, 6.07) is 6.56. The first kappa shape index (κ1) is 14.2. The number of anilines is 1. The zero-order valence-electron chi connectivity index (χ0n) is 12.4. The molecule has 0 spiro atoms. The highest BCUT2D eigenvalue weighted by molar-refractivity contribution is 5.61. The fourth-order valence-electron chi connectivity index (χ4n) is 2.53. The highest BCUT2D eigenvalue weighted by Gasteiger charge is 2.26. The van der Waals surface area contributed by atoms with E-state index >= 15 is 0 Å². The van der Waals surface area contributed by atoms with Crippen LogP contribution in [-0.2, 0) is 6.42 Å². The Balaban J connectivity index is 2.22. The van der Waals surface area contributed by atoms with E-state index in [0.717, 1.165) is 38.2 Å². The Labute approximate surface area is 116 Å². The van der Waals surface area contributed by atoms with Crippen molar-refractivity contribution in [1.29, 1.82) is 0 Å². The van der Waals surface area contributed by atoms with E-state index < -0.39 is 0 Å². The van der Waals surface area contributed by atoms with Gasteiger partial charge in [0.2, 0.25) is 0 Å². The first-order chi connectivity index (χ1) is 9.15. The van der Waals surface area contributed by atoms with Gasteiger partial charge in [-0.15, -0.1) is 0 Å². The minimum atomic E-state index is 0.294. The van der Waals surface area contributed by atoms with Crippen molar-refractivity contribution in [2.45, 2.75) is 39.7 Å². The minimum Gasteiger partial charge on any atom is -0.486 e. The lowest BCUT2D eigenvalue weighted by Crippen LogP contribution is -2.42. The van der Waals surface area contributed by atoms with Gasteiger partial charge in [-0.1, -0.05) is 19.9 Å². The predicted octanol–water partition coefficient (Wildman–Crippen LogP) is 2.82. The molecule has 3 heteroatoms. The van der Waals surface area contributed by atoms with E-state index in [0.29, 0.717) is 12.0 Å². The summed E-state index contributed by atoms with van der Waals surface area (Å²) in [5.74, 6) is 1.57. The van der Waals surface area contributed by atoms with Crippen LogP contribution < -0.4 is 15.4 Å². The van der Waals surface area contributed by atoms with E-state index in [4.69, 9.17) is 10.5 Å². The molecular weight excluding hydrogens is 236 g/mol. The molecule has 0 saturated heterocycles. The fourth-order valence-corrected chi connectivity index (χ4v) is 2.53. The molecule has 3 nitrogen and oxygen atoms in total. The molecule has 19 heavy (non-hydrogen) atoms. The van der Waals surface area contributed by atoms with Crippen LogP contribution in [0.15, 0.2) is 18.2 Å². The van der Waals surface area contributed by atoms with Gasteiger partial charge >= 0.3 is 0 Å². The van der Waals surface area contributed by atoms with Crippen LogP contribution in [0, 0.1) is 5.92 Å². The lowest BCUT2D eigenvalue weighted by atomic mass is 10.0. The number of hydrogen-bond acceptors (Lipinski definition) is 3. The molecule has 0 amide bonds. The zero-order chi connectivity index (χ0) is 13.8. The molecule has 0 saturated carbocycles. The number of likely N-dealkylation sites (N-methyl/N-ethyl adjacent to an activating group) is 1. The smallest absolute Gasteiger partial charge is 0.143 e. The first-order valence-corrected chi connectivity index (χ1v) is 7.40. The number of fused-ring (bicyclic) bond motifs is 1. The number of nitrogens with zero attached hydrogens (tertiary/aromatic N) is 1. The summed E-state index contributed by atoms with van der Waals surface area (Å²) in [6.07, 6.45) is 2.39. The van der Waals surface area contributed by atoms with Gasteiger partial charge in [0.15, 0.2) is 0 Å². The second kappa shape index (κ2) is 6.29. The number of aryl methyl sites for hydroxylation is 1. The Bertz CT molecular complexity index is 417. The van der Waals surface area contributed by atoms with Gasteiger partial charge in [0, 0.05) is 6.54 Å². The van der Waals surface area contributed by atoms with Crippen molar-refractivity contribution in [2.24, 2.45) is 11.7 Å². The standard InChI is InChI=1S/C16H26N2O/c1-4-18-11-16(12(2)3)19-15-8-7-13(6-5-9-17)10-14(15)18/h7-8,10,12,16H,4-6,9,11,17H2,1-3H3. The molecule has 2 rings (SSSR count). The predicted molar refractivity (Wildman–Crippen MR) is 81.0 cm³/mol. The van der Waals surface area contributed by atoms with Gasteiger partial charge in [-0.2, -0.15) is 0 Å². The number of rotatable bonds is 5. The second-order valence-corrected chi connectivity index (χ2v) is 5.63. The van der Waals surface area contributed by atoms with Crippen molar-refractivity contribution in [2.75, 3.05) is 24.5 Å². The maximum absolute atomic E-state index is 6.12. The van der Waals surface area contributed by atoms with Crippen LogP contribution in [0.5, 0.6) is 5.75 Å². The maximum atomic E-state index is 6.12. The molecule has 0 fully saturated rings. The van der Waals surface area contributed by atoms with Gasteiger partial charge in [0.25, 0.3) is 0 Å². The molecule has 0 aromatic heterocycles. The molecule has 1 aromatic rings.